The van der Waals surface area contributed by atoms with Crippen LogP contribution in [-0.4, -0.2) is 76.9 Å². The number of hydrogen-bond donors (Lipinski definition) is 4. The van der Waals surface area contributed by atoms with Crippen molar-refractivity contribution < 1.29 is 33.8 Å². The molecule has 13 heteroatoms. The van der Waals surface area contributed by atoms with E-state index in [9.17, 15) is 24.6 Å². The van der Waals surface area contributed by atoms with E-state index in [0.29, 0.717) is 48.3 Å². The second kappa shape index (κ2) is 17.4. The van der Waals surface area contributed by atoms with Crippen LogP contribution in [0.2, 0.25) is 16.6 Å². The number of hydrazine groups is 1. The number of aliphatic hydroxyl groups is 1. The molecule has 4 rings (SSSR count). The number of nitrogens with one attached hydrogen (secondary N) is 2. The Morgan fingerprint density at radius 1 is 1.00 bits per heavy atom. The second-order valence-corrected chi connectivity index (χ2v) is 22.7. The summed E-state index contributed by atoms with van der Waals surface area (Å²) >= 11 is 3.71. The van der Waals surface area contributed by atoms with Crippen molar-refractivity contribution in [2.24, 2.45) is 5.92 Å². The molecule has 0 bridgehead atoms. The first-order valence-electron chi connectivity index (χ1n) is 18.8. The minimum Gasteiger partial charge on any atom is -0.543 e. The summed E-state index contributed by atoms with van der Waals surface area (Å²) in [5.74, 6) is -0.719. The molecule has 2 aromatic carbocycles. The smallest absolute Gasteiger partial charge is 0.408 e. The quantitative estimate of drug-likeness (QED) is 0.119. The van der Waals surface area contributed by atoms with Crippen molar-refractivity contribution in [2.45, 2.75) is 129 Å². The van der Waals surface area contributed by atoms with Crippen LogP contribution >= 0.6 is 15.9 Å². The molecule has 1 fully saturated rings. The number of benzene rings is 2. The molecular formula is C40H59BrN4O7Si. The van der Waals surface area contributed by atoms with E-state index in [0.717, 1.165) is 32.1 Å². The number of alkyl carbamates (subject to hydrolysis) is 1. The number of aromatic nitrogens is 1. The van der Waals surface area contributed by atoms with Gasteiger partial charge in [-0.2, -0.15) is 0 Å². The van der Waals surface area contributed by atoms with Crippen LogP contribution in [0, 0.1) is 5.92 Å². The lowest BCUT2D eigenvalue weighted by Crippen LogP contribution is -2.60. The number of rotatable bonds is 14. The van der Waals surface area contributed by atoms with Gasteiger partial charge in [0.05, 0.1) is 0 Å². The number of aliphatic hydroxyl groups excluding tert-OH is 1. The molecule has 0 radical (unpaired) electrons. The maximum atomic E-state index is 14.2. The molecule has 292 valence electrons. The van der Waals surface area contributed by atoms with E-state index in [1.54, 1.807) is 20.8 Å². The summed E-state index contributed by atoms with van der Waals surface area (Å²) in [6.07, 6.45) is 2.31. The molecule has 1 aromatic heterocycles. The number of carboxylic acids is 1. The zero-order chi connectivity index (χ0) is 39.4. The summed E-state index contributed by atoms with van der Waals surface area (Å²) in [6, 6.07) is 10.4. The van der Waals surface area contributed by atoms with Crippen LogP contribution in [0.3, 0.4) is 0 Å². The number of halogens is 1. The van der Waals surface area contributed by atoms with Crippen molar-refractivity contribution in [2.75, 3.05) is 13.2 Å². The number of carbonyl (C=O) groups excluding carboxylic acids is 2. The number of aliphatic carboxylic acids is 1. The minimum absolute atomic E-state index is 0.0674. The second-order valence-electron chi connectivity index (χ2n) is 16.5. The Morgan fingerprint density at radius 2 is 1.66 bits per heavy atom. The van der Waals surface area contributed by atoms with Gasteiger partial charge in [-0.15, -0.1) is 0 Å². The molecule has 0 spiro atoms. The number of nitrogens with zero attached hydrogens (tertiary/aromatic N) is 2. The van der Waals surface area contributed by atoms with Crippen molar-refractivity contribution in [1.82, 2.24) is 20.3 Å². The fourth-order valence-corrected chi connectivity index (χ4v) is 13.5. The lowest BCUT2D eigenvalue weighted by molar-refractivity contribution is -0.147. The van der Waals surface area contributed by atoms with Gasteiger partial charge in [-0.3, -0.25) is 14.6 Å². The molecule has 3 aromatic rings. The molecule has 0 aliphatic carbocycles. The van der Waals surface area contributed by atoms with Crippen LogP contribution < -0.4 is 15.2 Å². The molecule has 4 N–H and O–H groups in total. The van der Waals surface area contributed by atoms with Gasteiger partial charge in [0.25, 0.3) is 14.2 Å². The molecule has 3 atom stereocenters. The summed E-state index contributed by atoms with van der Waals surface area (Å²) in [5.41, 5.74) is 6.62. The Balaban J connectivity index is 1.86. The SMILES string of the molecule is CC(CO)Cn1cc(Br)c2ccc(-c3cc(CC(NC(=O)OC(C)(C)C)C(=O)N4CCCC(C(=O)O)N4)cc(O[Si](C(C)C)(C(C)C)C(C)C)c3)cc21. The van der Waals surface area contributed by atoms with Crippen LogP contribution in [0.15, 0.2) is 47.1 Å². The Morgan fingerprint density at radius 3 is 2.25 bits per heavy atom. The number of carbonyl (C=O) groups is 3. The summed E-state index contributed by atoms with van der Waals surface area (Å²) in [4.78, 5) is 39.2. The molecule has 1 aliphatic rings. The van der Waals surface area contributed by atoms with E-state index >= 15 is 0 Å². The van der Waals surface area contributed by atoms with Gasteiger partial charge in [-0.25, -0.2) is 10.2 Å². The van der Waals surface area contributed by atoms with Crippen molar-refractivity contribution in [3.05, 3.63) is 52.6 Å². The van der Waals surface area contributed by atoms with Crippen LogP contribution in [0.5, 0.6) is 5.75 Å². The minimum atomic E-state index is -2.41. The van der Waals surface area contributed by atoms with Gasteiger partial charge in [-0.1, -0.05) is 66.7 Å². The predicted molar refractivity (Wildman–Crippen MR) is 215 cm³/mol. The van der Waals surface area contributed by atoms with E-state index < -0.39 is 44.0 Å². The van der Waals surface area contributed by atoms with Crippen LogP contribution in [0.4, 0.5) is 4.79 Å². The number of amides is 2. The molecule has 1 aliphatic heterocycles. The molecule has 11 nitrogen and oxygen atoms in total. The van der Waals surface area contributed by atoms with Gasteiger partial charge >= 0.3 is 12.1 Å². The van der Waals surface area contributed by atoms with Gasteiger partial charge < -0.3 is 29.3 Å². The fourth-order valence-electron chi connectivity index (χ4n) is 7.73. The van der Waals surface area contributed by atoms with E-state index in [4.69, 9.17) is 9.16 Å². The van der Waals surface area contributed by atoms with Crippen LogP contribution in [-0.2, 0) is 27.3 Å². The largest absolute Gasteiger partial charge is 0.543 e. The Bertz CT molecular complexity index is 1750. The molecule has 2 amide bonds. The monoisotopic (exact) mass is 814 g/mol. The van der Waals surface area contributed by atoms with E-state index in [2.05, 4.69) is 97.0 Å². The van der Waals surface area contributed by atoms with Gasteiger partial charge in [0.1, 0.15) is 23.4 Å². The van der Waals surface area contributed by atoms with Crippen LogP contribution in [0.25, 0.3) is 22.0 Å². The number of fused-ring (bicyclic) bond motifs is 1. The van der Waals surface area contributed by atoms with Gasteiger partial charge in [-0.05, 0) is 107 Å². The Kier molecular flexibility index (Phi) is 13.9. The number of carboxylic acid groups (broad SMARTS) is 1. The average Bonchev–Trinajstić information content (AvgIpc) is 3.38. The van der Waals surface area contributed by atoms with Crippen molar-refractivity contribution in [3.63, 3.8) is 0 Å². The van der Waals surface area contributed by atoms with E-state index in [1.165, 1.54) is 5.01 Å². The third kappa shape index (κ3) is 10.2. The van der Waals surface area contributed by atoms with Crippen molar-refractivity contribution in [3.8, 4) is 16.9 Å². The zero-order valence-electron chi connectivity index (χ0n) is 33.0. The summed E-state index contributed by atoms with van der Waals surface area (Å²) in [5, 5.41) is 24.6. The van der Waals surface area contributed by atoms with Gasteiger partial charge in [0.15, 0.2) is 0 Å². The summed E-state index contributed by atoms with van der Waals surface area (Å²) in [6.45, 7) is 21.7. The van der Waals surface area contributed by atoms with Crippen molar-refractivity contribution >= 4 is 53.1 Å². The predicted octanol–water partition coefficient (Wildman–Crippen LogP) is 8.27. The van der Waals surface area contributed by atoms with Gasteiger partial charge in [0, 0.05) is 47.7 Å². The van der Waals surface area contributed by atoms with Crippen LogP contribution in [0.1, 0.15) is 87.6 Å². The molecule has 1 saturated heterocycles. The topological polar surface area (TPSA) is 142 Å². The molecular weight excluding hydrogens is 756 g/mol. The fraction of sp³-hybridized carbons (Fsp3) is 0.575. The molecule has 2 heterocycles. The third-order valence-corrected chi connectivity index (χ3v) is 16.8. The maximum Gasteiger partial charge on any atom is 0.408 e. The van der Waals surface area contributed by atoms with Gasteiger partial charge in [0.2, 0.25) is 0 Å². The zero-order valence-corrected chi connectivity index (χ0v) is 35.5. The maximum absolute atomic E-state index is 14.2. The molecule has 0 saturated carbocycles. The normalized spacial score (nSPS) is 16.7. The van der Waals surface area contributed by atoms with E-state index in [-0.39, 0.29) is 18.9 Å². The number of ether oxygens (including phenoxy) is 1. The average molecular weight is 816 g/mol. The first kappa shape index (κ1) is 42.3. The molecule has 53 heavy (non-hydrogen) atoms. The highest BCUT2D eigenvalue weighted by Crippen LogP contribution is 2.44. The summed E-state index contributed by atoms with van der Waals surface area (Å²) in [7, 11) is -2.41. The first-order valence-corrected chi connectivity index (χ1v) is 21.7. The Hall–Kier alpha value is -3.39. The highest BCUT2D eigenvalue weighted by atomic mass is 79.9. The van der Waals surface area contributed by atoms with Crippen molar-refractivity contribution in [1.29, 1.82) is 0 Å². The van der Waals surface area contributed by atoms with E-state index in [1.807, 2.05) is 25.3 Å². The molecule has 3 unspecified atom stereocenters. The lowest BCUT2D eigenvalue weighted by atomic mass is 9.97. The third-order valence-electron chi connectivity index (χ3n) is 10.1. The lowest BCUT2D eigenvalue weighted by Gasteiger charge is -2.42. The highest BCUT2D eigenvalue weighted by Gasteiger charge is 2.47. The Labute approximate surface area is 324 Å². The number of hydrogen-bond acceptors (Lipinski definition) is 7. The summed E-state index contributed by atoms with van der Waals surface area (Å²) < 4.78 is 15.9. The standard InChI is InChI=1S/C40H59BrN4O7Si/c1-24(2)53(25(3)4,26(5)6)52-31-17-28(16-30(19-31)29-13-14-32-33(41)22-44(36(32)20-29)21-27(7)23-46)18-35(42-39(50)51-40(8,9)10)37(47)45-15-11-12-34(43-45)38(48)49/h13-14,16-17,19-20,22,24-27,34-35,43,46H,11-12,15,18,21,23H2,1-10H3,(H,42,50)(H,48,49). The first-order chi connectivity index (χ1) is 24.7. The highest BCUT2D eigenvalue weighted by molar-refractivity contribution is 9.10.